The molecule has 1 aromatic carbocycles. The average Bonchev–Trinajstić information content (AvgIpc) is 2.28. The Bertz CT molecular complexity index is 458. The van der Waals surface area contributed by atoms with Crippen LogP contribution in [0.5, 0.6) is 0 Å². The van der Waals surface area contributed by atoms with E-state index in [2.05, 4.69) is 15.9 Å². The fourth-order valence-corrected chi connectivity index (χ4v) is 3.59. The number of aryl methyl sites for hydroxylation is 1. The summed E-state index contributed by atoms with van der Waals surface area (Å²) in [4.78, 5) is 0. The van der Waals surface area contributed by atoms with Crippen molar-refractivity contribution in [3.8, 4) is 0 Å². The number of sulfonamides is 1. The Kier molecular flexibility index (Phi) is 3.02. The Morgan fingerprint density at radius 1 is 1.33 bits per heavy atom. The van der Waals surface area contributed by atoms with E-state index in [1.54, 1.807) is 0 Å². The number of fused-ring (bicyclic) bond motifs is 1. The Morgan fingerprint density at radius 2 is 2.07 bits per heavy atom. The van der Waals surface area contributed by atoms with E-state index in [1.165, 1.54) is 4.31 Å². The Labute approximate surface area is 98.3 Å². The lowest BCUT2D eigenvalue weighted by Crippen LogP contribution is -2.35. The minimum atomic E-state index is -3.18. The van der Waals surface area contributed by atoms with Crippen LogP contribution in [0.2, 0.25) is 0 Å². The number of alkyl halides is 1. The molecule has 0 radical (unpaired) electrons. The van der Waals surface area contributed by atoms with Gasteiger partial charge in [-0.3, -0.25) is 4.31 Å². The molecule has 2 rings (SSSR count). The smallest absolute Gasteiger partial charge is 0.245 e. The monoisotopic (exact) mass is 289 g/mol. The van der Waals surface area contributed by atoms with E-state index in [-0.39, 0.29) is 4.66 Å². The van der Waals surface area contributed by atoms with Crippen molar-refractivity contribution in [2.75, 3.05) is 15.5 Å². The van der Waals surface area contributed by atoms with Gasteiger partial charge in [0.2, 0.25) is 10.0 Å². The number of nitrogens with zero attached hydrogens (tertiary/aromatic N) is 1. The highest BCUT2D eigenvalue weighted by Crippen LogP contribution is 2.29. The van der Waals surface area contributed by atoms with Crippen molar-refractivity contribution in [2.24, 2.45) is 0 Å². The van der Waals surface area contributed by atoms with Gasteiger partial charge >= 0.3 is 0 Å². The fourth-order valence-electron chi connectivity index (χ4n) is 1.85. The number of hydrogen-bond donors (Lipinski definition) is 0. The van der Waals surface area contributed by atoms with Crippen LogP contribution in [0, 0.1) is 0 Å². The highest BCUT2D eigenvalue weighted by Gasteiger charge is 2.25. The third-order valence-electron chi connectivity index (χ3n) is 2.54. The first-order valence-corrected chi connectivity index (χ1v) is 7.52. The number of benzene rings is 1. The third-order valence-corrected chi connectivity index (χ3v) is 5.60. The first-order chi connectivity index (χ1) is 7.15. The molecule has 82 valence electrons. The van der Waals surface area contributed by atoms with Gasteiger partial charge in [0.25, 0.3) is 0 Å². The van der Waals surface area contributed by atoms with Gasteiger partial charge in [-0.05, 0) is 24.5 Å². The molecule has 0 spiro atoms. The Hall–Kier alpha value is -0.550. The second-order valence-electron chi connectivity index (χ2n) is 3.53. The van der Waals surface area contributed by atoms with Crippen LogP contribution in [0.15, 0.2) is 24.3 Å². The molecule has 0 saturated heterocycles. The second-order valence-corrected chi connectivity index (χ2v) is 6.72. The normalized spacial score (nSPS) is 16.2. The molecule has 0 atom stereocenters. The van der Waals surface area contributed by atoms with Crippen molar-refractivity contribution in [1.29, 1.82) is 0 Å². The summed E-state index contributed by atoms with van der Waals surface area (Å²) in [7, 11) is -3.18. The maximum atomic E-state index is 11.8. The maximum absolute atomic E-state index is 11.8. The minimum Gasteiger partial charge on any atom is -0.269 e. The van der Waals surface area contributed by atoms with Crippen LogP contribution in [0.3, 0.4) is 0 Å². The molecular weight excluding hydrogens is 278 g/mol. The molecule has 5 heteroatoms. The van der Waals surface area contributed by atoms with E-state index in [9.17, 15) is 8.42 Å². The summed E-state index contributed by atoms with van der Waals surface area (Å²) in [5, 5.41) is 0. The molecular formula is C10H12BrNO2S. The van der Waals surface area contributed by atoms with Gasteiger partial charge in [-0.15, -0.1) is 0 Å². The molecule has 0 N–H and O–H groups in total. The summed E-state index contributed by atoms with van der Waals surface area (Å²) in [6.45, 7) is 0.588. The SMILES string of the molecule is O=S(=O)(CBr)N1CCCc2ccccc21. The molecule has 1 aliphatic rings. The van der Waals surface area contributed by atoms with E-state index < -0.39 is 10.0 Å². The third kappa shape index (κ3) is 2.03. The molecule has 0 fully saturated rings. The molecule has 0 bridgehead atoms. The average molecular weight is 290 g/mol. The topological polar surface area (TPSA) is 37.4 Å². The zero-order valence-corrected chi connectivity index (χ0v) is 10.6. The van der Waals surface area contributed by atoms with E-state index in [0.717, 1.165) is 24.1 Å². The molecule has 1 heterocycles. The van der Waals surface area contributed by atoms with Crippen molar-refractivity contribution < 1.29 is 8.42 Å². The predicted molar refractivity (Wildman–Crippen MR) is 64.8 cm³/mol. The van der Waals surface area contributed by atoms with Crippen LogP contribution in [0.1, 0.15) is 12.0 Å². The highest BCUT2D eigenvalue weighted by atomic mass is 79.9. The van der Waals surface area contributed by atoms with E-state index in [1.807, 2.05) is 24.3 Å². The van der Waals surface area contributed by atoms with Crippen molar-refractivity contribution in [3.63, 3.8) is 0 Å². The molecule has 1 aromatic rings. The summed E-state index contributed by atoms with van der Waals surface area (Å²) in [6, 6.07) is 7.68. The van der Waals surface area contributed by atoms with Crippen LogP contribution < -0.4 is 4.31 Å². The van der Waals surface area contributed by atoms with Gasteiger partial charge < -0.3 is 0 Å². The largest absolute Gasteiger partial charge is 0.269 e. The van der Waals surface area contributed by atoms with Crippen LogP contribution in [-0.4, -0.2) is 19.6 Å². The number of para-hydroxylation sites is 1. The van der Waals surface area contributed by atoms with Gasteiger partial charge in [-0.25, -0.2) is 8.42 Å². The van der Waals surface area contributed by atoms with E-state index in [0.29, 0.717) is 6.54 Å². The molecule has 0 aromatic heterocycles. The van der Waals surface area contributed by atoms with Crippen molar-refractivity contribution in [2.45, 2.75) is 12.8 Å². The van der Waals surface area contributed by atoms with Crippen LogP contribution in [0.4, 0.5) is 5.69 Å². The lowest BCUT2D eigenvalue weighted by Gasteiger charge is -2.29. The van der Waals surface area contributed by atoms with Gasteiger partial charge in [0, 0.05) is 6.54 Å². The molecule has 0 amide bonds. The molecule has 15 heavy (non-hydrogen) atoms. The zero-order valence-electron chi connectivity index (χ0n) is 8.19. The van der Waals surface area contributed by atoms with Gasteiger partial charge in [0.05, 0.1) is 5.69 Å². The summed E-state index contributed by atoms with van der Waals surface area (Å²) in [6.07, 6.45) is 1.85. The first kappa shape index (κ1) is 11.0. The molecule has 0 aliphatic carbocycles. The number of rotatable bonds is 2. The molecule has 3 nitrogen and oxygen atoms in total. The summed E-state index contributed by atoms with van der Waals surface area (Å²) < 4.78 is 25.1. The van der Waals surface area contributed by atoms with Crippen molar-refractivity contribution in [3.05, 3.63) is 29.8 Å². The number of anilines is 1. The minimum absolute atomic E-state index is 0.0195. The summed E-state index contributed by atoms with van der Waals surface area (Å²) >= 11 is 3.03. The molecule has 0 saturated carbocycles. The van der Waals surface area contributed by atoms with Gasteiger partial charge in [-0.2, -0.15) is 0 Å². The van der Waals surface area contributed by atoms with Crippen LogP contribution in [0.25, 0.3) is 0 Å². The van der Waals surface area contributed by atoms with Crippen molar-refractivity contribution in [1.82, 2.24) is 0 Å². The highest BCUT2D eigenvalue weighted by molar-refractivity contribution is 9.10. The molecule has 1 aliphatic heterocycles. The van der Waals surface area contributed by atoms with Crippen molar-refractivity contribution >= 4 is 31.6 Å². The Balaban J connectivity index is 2.47. The quantitative estimate of drug-likeness (QED) is 0.782. The van der Waals surface area contributed by atoms with Gasteiger partial charge in [0.15, 0.2) is 0 Å². The molecule has 0 unspecified atom stereocenters. The first-order valence-electron chi connectivity index (χ1n) is 4.79. The number of hydrogen-bond acceptors (Lipinski definition) is 2. The second kappa shape index (κ2) is 4.14. The Morgan fingerprint density at radius 3 is 2.80 bits per heavy atom. The van der Waals surface area contributed by atoms with E-state index >= 15 is 0 Å². The standard InChI is InChI=1S/C10H12BrNO2S/c11-8-15(13,14)12-7-3-5-9-4-1-2-6-10(9)12/h1-2,4,6H,3,5,7-8H2. The van der Waals surface area contributed by atoms with Crippen LogP contribution >= 0.6 is 15.9 Å². The lowest BCUT2D eigenvalue weighted by molar-refractivity contribution is 0.591. The zero-order chi connectivity index (χ0) is 10.9. The predicted octanol–water partition coefficient (Wildman–Crippen LogP) is 2.12. The number of halogens is 1. The lowest BCUT2D eigenvalue weighted by atomic mass is 10.0. The van der Waals surface area contributed by atoms with E-state index in [4.69, 9.17) is 0 Å². The van der Waals surface area contributed by atoms with Gasteiger partial charge in [0.1, 0.15) is 4.66 Å². The maximum Gasteiger partial charge on any atom is 0.245 e. The van der Waals surface area contributed by atoms with Gasteiger partial charge in [-0.1, -0.05) is 34.1 Å². The summed E-state index contributed by atoms with van der Waals surface area (Å²) in [5.74, 6) is 0. The van der Waals surface area contributed by atoms with Crippen LogP contribution in [-0.2, 0) is 16.4 Å². The fraction of sp³-hybridized carbons (Fsp3) is 0.400. The summed E-state index contributed by atoms with van der Waals surface area (Å²) in [5.41, 5.74) is 1.96.